The van der Waals surface area contributed by atoms with Gasteiger partial charge in [-0.2, -0.15) is 10.4 Å². The van der Waals surface area contributed by atoms with Crippen LogP contribution in [0.3, 0.4) is 0 Å². The summed E-state index contributed by atoms with van der Waals surface area (Å²) in [6.45, 7) is -0.244. The summed E-state index contributed by atoms with van der Waals surface area (Å²) in [6, 6.07) is 8.44. The smallest absolute Gasteiger partial charge is 0.496 e. The van der Waals surface area contributed by atoms with Crippen molar-refractivity contribution in [3.63, 3.8) is 0 Å². The molecule has 12 heteroatoms. The second kappa shape index (κ2) is 8.70. The largest absolute Gasteiger partial charge is 0.573 e. The van der Waals surface area contributed by atoms with Crippen molar-refractivity contribution in [3.8, 4) is 29.0 Å². The minimum absolute atomic E-state index is 0.0279. The summed E-state index contributed by atoms with van der Waals surface area (Å²) in [5, 5.41) is 17.8. The number of carbonyl (C=O) groups is 1. The highest BCUT2D eigenvalue weighted by Crippen LogP contribution is 2.29. The minimum Gasteiger partial charge on any atom is -0.496 e. The van der Waals surface area contributed by atoms with E-state index in [1.807, 2.05) is 0 Å². The predicted molar refractivity (Wildman–Crippen MR) is 97.3 cm³/mol. The number of carbonyl (C=O) groups excluding carboxylic acids is 1. The van der Waals surface area contributed by atoms with Crippen molar-refractivity contribution in [1.82, 2.24) is 20.5 Å². The zero-order valence-corrected chi connectivity index (χ0v) is 15.7. The quantitative estimate of drug-likeness (QED) is 0.575. The number of nitrogens with one attached hydrogen (secondary N) is 2. The molecule has 0 saturated carbocycles. The number of rotatable bonds is 6. The van der Waals surface area contributed by atoms with Crippen molar-refractivity contribution < 1.29 is 31.8 Å². The molecular formula is C19H13F4N5O3. The summed E-state index contributed by atoms with van der Waals surface area (Å²) in [7, 11) is 1.39. The third kappa shape index (κ3) is 5.27. The van der Waals surface area contributed by atoms with Gasteiger partial charge in [0.15, 0.2) is 5.82 Å². The van der Waals surface area contributed by atoms with Crippen LogP contribution in [0, 0.1) is 17.1 Å². The van der Waals surface area contributed by atoms with Crippen LogP contribution in [-0.4, -0.2) is 34.6 Å². The van der Waals surface area contributed by atoms with Crippen molar-refractivity contribution in [2.24, 2.45) is 0 Å². The van der Waals surface area contributed by atoms with Gasteiger partial charge in [0.05, 0.1) is 36.4 Å². The van der Waals surface area contributed by atoms with Gasteiger partial charge in [-0.15, -0.1) is 13.2 Å². The first-order valence-corrected chi connectivity index (χ1v) is 8.53. The molecule has 1 amide bonds. The fourth-order valence-electron chi connectivity index (χ4n) is 2.60. The van der Waals surface area contributed by atoms with E-state index < -0.39 is 29.4 Å². The average molecular weight is 435 g/mol. The van der Waals surface area contributed by atoms with Gasteiger partial charge < -0.3 is 14.8 Å². The van der Waals surface area contributed by atoms with E-state index in [0.717, 1.165) is 18.2 Å². The van der Waals surface area contributed by atoms with Crippen molar-refractivity contribution >= 4 is 5.91 Å². The number of methoxy groups -OCH3 is 1. The van der Waals surface area contributed by atoms with Gasteiger partial charge >= 0.3 is 6.36 Å². The van der Waals surface area contributed by atoms with E-state index in [2.05, 4.69) is 25.2 Å². The van der Waals surface area contributed by atoms with Crippen molar-refractivity contribution in [1.29, 1.82) is 5.26 Å². The molecule has 0 aliphatic carbocycles. The summed E-state index contributed by atoms with van der Waals surface area (Å²) in [6.07, 6.45) is -5.02. The van der Waals surface area contributed by atoms with Crippen LogP contribution in [0.1, 0.15) is 21.7 Å². The van der Waals surface area contributed by atoms with Crippen LogP contribution in [0.15, 0.2) is 36.4 Å². The van der Waals surface area contributed by atoms with E-state index in [1.165, 1.54) is 25.3 Å². The normalized spacial score (nSPS) is 11.0. The number of benzene rings is 2. The lowest BCUT2D eigenvalue weighted by atomic mass is 10.1. The van der Waals surface area contributed by atoms with Crippen molar-refractivity contribution in [2.75, 3.05) is 7.11 Å². The van der Waals surface area contributed by atoms with Crippen LogP contribution in [-0.2, 0) is 6.54 Å². The van der Waals surface area contributed by atoms with Gasteiger partial charge in [-0.3, -0.25) is 9.89 Å². The number of amides is 1. The van der Waals surface area contributed by atoms with Gasteiger partial charge in [-0.05, 0) is 36.4 Å². The van der Waals surface area contributed by atoms with Gasteiger partial charge in [0.25, 0.3) is 5.91 Å². The highest BCUT2D eigenvalue weighted by Gasteiger charge is 2.33. The SMILES string of the molecule is COc1ccc(F)cc1-c1n[nH]c(CNC(=O)c2cc(C#N)ccc2OC(F)(F)F)n1. The maximum Gasteiger partial charge on any atom is 0.573 e. The lowest BCUT2D eigenvalue weighted by Gasteiger charge is -2.13. The topological polar surface area (TPSA) is 113 Å². The second-order valence-corrected chi connectivity index (χ2v) is 6.00. The number of aromatic nitrogens is 3. The van der Waals surface area contributed by atoms with Crippen LogP contribution in [0.5, 0.6) is 11.5 Å². The van der Waals surface area contributed by atoms with E-state index in [1.54, 1.807) is 6.07 Å². The number of nitrogens with zero attached hydrogens (tertiary/aromatic N) is 3. The van der Waals surface area contributed by atoms with Gasteiger partial charge in [0, 0.05) is 0 Å². The van der Waals surface area contributed by atoms with E-state index in [4.69, 9.17) is 10.00 Å². The number of ether oxygens (including phenoxy) is 2. The minimum atomic E-state index is -5.02. The van der Waals surface area contributed by atoms with Gasteiger partial charge in [0.1, 0.15) is 23.1 Å². The molecule has 0 bridgehead atoms. The molecule has 8 nitrogen and oxygen atoms in total. The molecule has 160 valence electrons. The summed E-state index contributed by atoms with van der Waals surface area (Å²) in [5.74, 6) is -1.68. The Morgan fingerprint density at radius 3 is 2.65 bits per heavy atom. The monoisotopic (exact) mass is 435 g/mol. The molecule has 3 rings (SSSR count). The first kappa shape index (κ1) is 21.6. The van der Waals surface area contributed by atoms with Gasteiger partial charge in [-0.25, -0.2) is 9.37 Å². The number of hydrogen-bond donors (Lipinski definition) is 2. The number of nitriles is 1. The maximum atomic E-state index is 13.5. The highest BCUT2D eigenvalue weighted by atomic mass is 19.4. The van der Waals surface area contributed by atoms with Crippen LogP contribution in [0.25, 0.3) is 11.4 Å². The fraction of sp³-hybridized carbons (Fsp3) is 0.158. The molecule has 2 aromatic carbocycles. The summed E-state index contributed by atoms with van der Waals surface area (Å²) >= 11 is 0. The summed E-state index contributed by atoms with van der Waals surface area (Å²) < 4.78 is 60.3. The molecule has 3 aromatic rings. The third-order valence-electron chi connectivity index (χ3n) is 3.93. The van der Waals surface area contributed by atoms with E-state index in [0.29, 0.717) is 5.75 Å². The highest BCUT2D eigenvalue weighted by molar-refractivity contribution is 5.97. The van der Waals surface area contributed by atoms with Crippen molar-refractivity contribution in [3.05, 3.63) is 59.2 Å². The third-order valence-corrected chi connectivity index (χ3v) is 3.93. The molecule has 0 fully saturated rings. The number of H-pyrrole nitrogens is 1. The van der Waals surface area contributed by atoms with Gasteiger partial charge in [0.2, 0.25) is 0 Å². The average Bonchev–Trinajstić information content (AvgIpc) is 3.20. The van der Waals surface area contributed by atoms with E-state index in [9.17, 15) is 22.4 Å². The number of alkyl halides is 3. The zero-order chi connectivity index (χ0) is 22.6. The standard InChI is InChI=1S/C19H13F4N5O3/c1-30-14-5-3-11(20)7-12(14)17-26-16(27-28-17)9-25-18(29)13-6-10(8-24)2-4-15(13)31-19(21,22)23/h2-7H,9H2,1H3,(H,25,29)(H,26,27,28). The number of aromatic amines is 1. The Labute approximate surface area is 172 Å². The molecule has 1 aromatic heterocycles. The molecular weight excluding hydrogens is 422 g/mol. The predicted octanol–water partition coefficient (Wildman–Crippen LogP) is 3.32. The van der Waals surface area contributed by atoms with E-state index in [-0.39, 0.29) is 29.3 Å². The zero-order valence-electron chi connectivity index (χ0n) is 15.7. The molecule has 2 N–H and O–H groups in total. The Bertz CT molecular complexity index is 1150. The molecule has 0 aliphatic heterocycles. The second-order valence-electron chi connectivity index (χ2n) is 6.00. The lowest BCUT2D eigenvalue weighted by Crippen LogP contribution is -2.26. The Hall–Kier alpha value is -4.14. The van der Waals surface area contributed by atoms with Crippen LogP contribution in [0.4, 0.5) is 17.6 Å². The Morgan fingerprint density at radius 1 is 1.23 bits per heavy atom. The number of halogens is 4. The Balaban J connectivity index is 1.78. The summed E-state index contributed by atoms with van der Waals surface area (Å²) in [4.78, 5) is 16.5. The van der Waals surface area contributed by atoms with Crippen LogP contribution >= 0.6 is 0 Å². The fourth-order valence-corrected chi connectivity index (χ4v) is 2.60. The molecule has 0 saturated heterocycles. The van der Waals surface area contributed by atoms with Gasteiger partial charge in [-0.1, -0.05) is 0 Å². The number of hydrogen-bond acceptors (Lipinski definition) is 6. The van der Waals surface area contributed by atoms with Crippen LogP contribution in [0.2, 0.25) is 0 Å². The molecule has 0 radical (unpaired) electrons. The van der Waals surface area contributed by atoms with E-state index >= 15 is 0 Å². The lowest BCUT2D eigenvalue weighted by molar-refractivity contribution is -0.274. The van der Waals surface area contributed by atoms with Crippen molar-refractivity contribution in [2.45, 2.75) is 12.9 Å². The summed E-state index contributed by atoms with van der Waals surface area (Å²) in [5.41, 5.74) is -0.248. The molecule has 0 spiro atoms. The molecule has 1 heterocycles. The first-order chi connectivity index (χ1) is 14.7. The molecule has 0 unspecified atom stereocenters. The first-order valence-electron chi connectivity index (χ1n) is 8.53. The molecule has 0 aliphatic rings. The van der Waals surface area contributed by atoms with Crippen LogP contribution < -0.4 is 14.8 Å². The molecule has 0 atom stereocenters. The Kier molecular flexibility index (Phi) is 6.05. The Morgan fingerprint density at radius 2 is 1.97 bits per heavy atom. The maximum absolute atomic E-state index is 13.5. The molecule has 31 heavy (non-hydrogen) atoms.